The zero-order valence-electron chi connectivity index (χ0n) is 6.11. The number of carboxylic acid groups (broad SMARTS) is 2. The summed E-state index contributed by atoms with van der Waals surface area (Å²) in [5.74, 6) is -1.36. The van der Waals surface area contributed by atoms with Gasteiger partial charge in [0.15, 0.2) is 5.76 Å². The van der Waals surface area contributed by atoms with Crippen LogP contribution in [-0.2, 0) is 13.8 Å². The van der Waals surface area contributed by atoms with Crippen molar-refractivity contribution in [1.82, 2.24) is 0 Å². The van der Waals surface area contributed by atoms with E-state index in [9.17, 15) is 4.79 Å². The van der Waals surface area contributed by atoms with Crippen molar-refractivity contribution in [2.45, 2.75) is 0 Å². The first-order chi connectivity index (χ1) is 5.45. The molecule has 0 fully saturated rings. The summed E-state index contributed by atoms with van der Waals surface area (Å²) in [5, 5.41) is 15.3. The van der Waals surface area contributed by atoms with Crippen molar-refractivity contribution < 1.29 is 28.8 Å². The second-order valence-electron chi connectivity index (χ2n) is 1.28. The van der Waals surface area contributed by atoms with Crippen LogP contribution in [0.1, 0.15) is 0 Å². The third-order valence-corrected chi connectivity index (χ3v) is 0.683. The van der Waals surface area contributed by atoms with E-state index in [1.807, 2.05) is 0 Å². The highest BCUT2D eigenvalue weighted by Gasteiger charge is 1.98. The Morgan fingerprint density at radius 2 is 1.75 bits per heavy atom. The van der Waals surface area contributed by atoms with Gasteiger partial charge in [-0.3, -0.25) is 0 Å². The number of rotatable bonds is 2. The van der Waals surface area contributed by atoms with Gasteiger partial charge in [-0.15, -0.1) is 0 Å². The maximum Gasteiger partial charge on any atom is 0.524 e. The lowest BCUT2D eigenvalue weighted by Gasteiger charge is -1.92. The molecule has 0 aliphatic carbocycles. The lowest BCUT2D eigenvalue weighted by Crippen LogP contribution is -1.99. The molecule has 0 spiro atoms. The zero-order valence-corrected chi connectivity index (χ0v) is 6.87. The fraction of sp³-hybridized carbons (Fsp3) is 0.200. The van der Waals surface area contributed by atoms with Crippen LogP contribution < -0.4 is 0 Å². The van der Waals surface area contributed by atoms with Gasteiger partial charge in [-0.2, -0.15) is 0 Å². The van der Waals surface area contributed by atoms with Gasteiger partial charge in [0, 0.05) is 0 Å². The number of hydrogen-bond donors (Lipinski definition) is 2. The summed E-state index contributed by atoms with van der Waals surface area (Å²) >= 11 is 4.24. The first-order valence-electron chi connectivity index (χ1n) is 2.43. The SMILES string of the molecule is C=C(OC)C(=O)O.O=C(O)OCl. The molecule has 0 rings (SSSR count). The van der Waals surface area contributed by atoms with E-state index in [1.165, 1.54) is 7.11 Å². The van der Waals surface area contributed by atoms with E-state index in [4.69, 9.17) is 15.0 Å². The molecule has 0 aromatic heterocycles. The number of hydrogen-bond acceptors (Lipinski definition) is 4. The molecule has 0 saturated carbocycles. The lowest BCUT2D eigenvalue weighted by atomic mass is 10.6. The molecule has 0 aliphatic rings. The second kappa shape index (κ2) is 7.67. The number of ether oxygens (including phenoxy) is 1. The van der Waals surface area contributed by atoms with Crippen molar-refractivity contribution in [3.05, 3.63) is 12.3 Å². The molecule has 12 heavy (non-hydrogen) atoms. The van der Waals surface area contributed by atoms with E-state index in [0.29, 0.717) is 0 Å². The molecule has 70 valence electrons. The van der Waals surface area contributed by atoms with Crippen LogP contribution in [-0.4, -0.2) is 29.4 Å². The molecule has 0 heterocycles. The molecule has 0 unspecified atom stereocenters. The second-order valence-corrected chi connectivity index (χ2v) is 1.43. The highest BCUT2D eigenvalue weighted by molar-refractivity contribution is 6.12. The summed E-state index contributed by atoms with van der Waals surface area (Å²) in [5.41, 5.74) is 0. The minimum Gasteiger partial charge on any atom is -0.490 e. The van der Waals surface area contributed by atoms with E-state index in [1.54, 1.807) is 0 Å². The van der Waals surface area contributed by atoms with Gasteiger partial charge < -0.3 is 19.2 Å². The Labute approximate surface area is 73.1 Å². The molecule has 2 N–H and O–H groups in total. The van der Waals surface area contributed by atoms with Crippen LogP contribution in [0, 0.1) is 0 Å². The Kier molecular flexibility index (Phi) is 8.43. The fourth-order valence-electron chi connectivity index (χ4n) is 0.0873. The van der Waals surface area contributed by atoms with Gasteiger partial charge in [0.2, 0.25) is 0 Å². The van der Waals surface area contributed by atoms with Crippen molar-refractivity contribution in [3.63, 3.8) is 0 Å². The average molecular weight is 199 g/mol. The fourth-order valence-corrected chi connectivity index (χ4v) is 0.0873. The number of halogens is 1. The topological polar surface area (TPSA) is 93.1 Å². The normalized spacial score (nSPS) is 7.17. The van der Waals surface area contributed by atoms with Crippen molar-refractivity contribution in [2.75, 3.05) is 7.11 Å². The van der Waals surface area contributed by atoms with E-state index >= 15 is 0 Å². The summed E-state index contributed by atoms with van der Waals surface area (Å²) in [6.45, 7) is 3.05. The highest BCUT2D eigenvalue weighted by atomic mass is 35.5. The van der Waals surface area contributed by atoms with Crippen molar-refractivity contribution in [2.24, 2.45) is 0 Å². The quantitative estimate of drug-likeness (QED) is 0.509. The Hall–Kier alpha value is -1.43. The van der Waals surface area contributed by atoms with Crippen LogP contribution >= 0.6 is 11.9 Å². The molecule has 0 saturated heterocycles. The Morgan fingerprint density at radius 1 is 1.42 bits per heavy atom. The van der Waals surface area contributed by atoms with Crippen LogP contribution in [0.2, 0.25) is 0 Å². The van der Waals surface area contributed by atoms with Gasteiger partial charge in [-0.25, -0.2) is 9.59 Å². The average Bonchev–Trinajstić information content (AvgIpc) is 2.04. The molecule has 0 aliphatic heterocycles. The highest BCUT2D eigenvalue weighted by Crippen LogP contribution is 1.86. The molecular weight excluding hydrogens is 192 g/mol. The summed E-state index contributed by atoms with van der Waals surface area (Å²) in [6, 6.07) is 0. The smallest absolute Gasteiger partial charge is 0.490 e. The molecule has 0 radical (unpaired) electrons. The van der Waals surface area contributed by atoms with Crippen molar-refractivity contribution in [1.29, 1.82) is 0 Å². The molecule has 7 heteroatoms. The summed E-state index contributed by atoms with van der Waals surface area (Å²) in [6.07, 6.45) is -1.48. The first-order valence-corrected chi connectivity index (χ1v) is 2.74. The summed E-state index contributed by atoms with van der Waals surface area (Å²) in [4.78, 5) is 18.7. The Balaban J connectivity index is 0. The van der Waals surface area contributed by atoms with Crippen molar-refractivity contribution in [3.8, 4) is 0 Å². The molecule has 0 atom stereocenters. The molecular formula is C5H7ClO6. The molecule has 0 bridgehead atoms. The van der Waals surface area contributed by atoms with Gasteiger partial charge >= 0.3 is 12.1 Å². The third-order valence-electron chi connectivity index (χ3n) is 0.551. The number of carboxylic acids is 1. The third kappa shape index (κ3) is 11.4. The van der Waals surface area contributed by atoms with Crippen molar-refractivity contribution >= 4 is 24.0 Å². The maximum absolute atomic E-state index is 9.71. The summed E-state index contributed by atoms with van der Waals surface area (Å²) < 4.78 is 7.36. The number of aliphatic carboxylic acids is 1. The van der Waals surface area contributed by atoms with E-state index in [0.717, 1.165) is 0 Å². The molecule has 6 nitrogen and oxygen atoms in total. The van der Waals surface area contributed by atoms with E-state index < -0.39 is 12.1 Å². The molecule has 0 amide bonds. The Morgan fingerprint density at radius 3 is 1.75 bits per heavy atom. The largest absolute Gasteiger partial charge is 0.524 e. The monoisotopic (exact) mass is 198 g/mol. The molecule has 0 aromatic rings. The van der Waals surface area contributed by atoms with Crippen LogP contribution in [0.3, 0.4) is 0 Å². The van der Waals surface area contributed by atoms with E-state index in [-0.39, 0.29) is 5.76 Å². The van der Waals surface area contributed by atoms with Gasteiger partial charge in [0.05, 0.1) is 7.11 Å². The molecule has 0 aromatic carbocycles. The van der Waals surface area contributed by atoms with Crippen LogP contribution in [0.15, 0.2) is 12.3 Å². The summed E-state index contributed by atoms with van der Waals surface area (Å²) in [7, 11) is 1.26. The Bertz CT molecular complexity index is 177. The minimum atomic E-state index is -1.48. The number of methoxy groups -OCH3 is 1. The first kappa shape index (κ1) is 13.2. The van der Waals surface area contributed by atoms with Gasteiger partial charge in [-0.1, -0.05) is 0 Å². The number of carbonyl (C=O) groups is 2. The van der Waals surface area contributed by atoms with Gasteiger partial charge in [0.1, 0.15) is 11.9 Å². The van der Waals surface area contributed by atoms with Crippen LogP contribution in [0.25, 0.3) is 0 Å². The maximum atomic E-state index is 9.71. The predicted octanol–water partition coefficient (Wildman–Crippen LogP) is 1.07. The zero-order chi connectivity index (χ0) is 10.1. The minimum absolute atomic E-state index is 0.236. The standard InChI is InChI=1S/C4H6O3.CHClO3/c1-3(7-2)4(5)6;2-5-1(3)4/h1H2,2H3,(H,5,6);(H,3,4). The predicted molar refractivity (Wildman–Crippen MR) is 38.7 cm³/mol. The van der Waals surface area contributed by atoms with E-state index in [2.05, 4.69) is 27.5 Å². The lowest BCUT2D eigenvalue weighted by molar-refractivity contribution is -0.136. The van der Waals surface area contributed by atoms with Gasteiger partial charge in [0.25, 0.3) is 0 Å². The van der Waals surface area contributed by atoms with Crippen LogP contribution in [0.5, 0.6) is 0 Å². The van der Waals surface area contributed by atoms with Gasteiger partial charge in [-0.05, 0) is 6.58 Å². The van der Waals surface area contributed by atoms with Crippen LogP contribution in [0.4, 0.5) is 4.79 Å².